The van der Waals surface area contributed by atoms with Crippen LogP contribution >= 0.6 is 11.3 Å². The zero-order valence-corrected chi connectivity index (χ0v) is 13.7. The predicted molar refractivity (Wildman–Crippen MR) is 88.1 cm³/mol. The van der Waals surface area contributed by atoms with Crippen LogP contribution in [-0.2, 0) is 9.59 Å². The molecule has 0 unspecified atom stereocenters. The second-order valence-corrected chi connectivity index (χ2v) is 6.36. The molecule has 2 atom stereocenters. The topological polar surface area (TPSA) is 77.3 Å². The minimum atomic E-state index is -1.15. The lowest BCUT2D eigenvalue weighted by Gasteiger charge is -2.25. The average Bonchev–Trinajstić information content (AvgIpc) is 3.00. The Morgan fingerprint density at radius 1 is 1.04 bits per heavy atom. The van der Waals surface area contributed by atoms with Gasteiger partial charge in [-0.25, -0.2) is 0 Å². The van der Waals surface area contributed by atoms with E-state index in [0.29, 0.717) is 10.4 Å². The first-order chi connectivity index (χ1) is 10.9. The standard InChI is InChI=1S/C17H17NO4S/c1-11(19)15(12(2)20)16(14-9-6-10-23-14)17(18(21)22)13-7-4-3-5-8-13/h3-10,15-17H,1-2H3/t16-,17+/m1/s1. The number of thiophene rings is 1. The first-order valence-corrected chi connectivity index (χ1v) is 8.04. The summed E-state index contributed by atoms with van der Waals surface area (Å²) in [7, 11) is 0. The van der Waals surface area contributed by atoms with Crippen LogP contribution in [0.4, 0.5) is 0 Å². The Morgan fingerprint density at radius 2 is 1.65 bits per heavy atom. The minimum absolute atomic E-state index is 0.348. The third kappa shape index (κ3) is 3.71. The van der Waals surface area contributed by atoms with Crippen molar-refractivity contribution in [2.24, 2.45) is 5.92 Å². The van der Waals surface area contributed by atoms with Gasteiger partial charge >= 0.3 is 0 Å². The minimum Gasteiger partial charge on any atom is -0.299 e. The Hall–Kier alpha value is -2.34. The normalized spacial score (nSPS) is 13.5. The van der Waals surface area contributed by atoms with Gasteiger partial charge in [0.2, 0.25) is 6.04 Å². The summed E-state index contributed by atoms with van der Waals surface area (Å²) in [6, 6.07) is 10.9. The van der Waals surface area contributed by atoms with Crippen LogP contribution in [0, 0.1) is 16.0 Å². The van der Waals surface area contributed by atoms with Crippen LogP contribution in [0.15, 0.2) is 47.8 Å². The van der Waals surface area contributed by atoms with Gasteiger partial charge in [-0.15, -0.1) is 11.3 Å². The fraction of sp³-hybridized carbons (Fsp3) is 0.294. The molecule has 120 valence electrons. The van der Waals surface area contributed by atoms with Gasteiger partial charge in [-0.1, -0.05) is 36.4 Å². The molecule has 0 amide bonds. The molecule has 5 nitrogen and oxygen atoms in total. The monoisotopic (exact) mass is 331 g/mol. The molecule has 2 aromatic rings. The molecule has 2 rings (SSSR count). The molecule has 0 spiro atoms. The van der Waals surface area contributed by atoms with Gasteiger partial charge in [0, 0.05) is 15.4 Å². The first-order valence-electron chi connectivity index (χ1n) is 7.16. The number of hydrogen-bond acceptors (Lipinski definition) is 5. The molecular formula is C17H17NO4S. The van der Waals surface area contributed by atoms with E-state index in [1.54, 1.807) is 47.8 Å². The second kappa shape index (κ2) is 7.28. The summed E-state index contributed by atoms with van der Waals surface area (Å²) in [6.45, 7) is 2.63. The summed E-state index contributed by atoms with van der Waals surface area (Å²) in [5, 5.41) is 13.6. The summed E-state index contributed by atoms with van der Waals surface area (Å²) < 4.78 is 0. The van der Waals surface area contributed by atoms with E-state index in [4.69, 9.17) is 0 Å². The smallest absolute Gasteiger partial charge is 0.246 e. The highest BCUT2D eigenvalue weighted by atomic mass is 32.1. The fourth-order valence-corrected chi connectivity index (χ4v) is 3.78. The summed E-state index contributed by atoms with van der Waals surface area (Å²) in [5.41, 5.74) is 0.489. The third-order valence-corrected chi connectivity index (χ3v) is 4.79. The Labute approximate surface area is 138 Å². The number of benzene rings is 1. The molecule has 1 aromatic heterocycles. The van der Waals surface area contributed by atoms with Crippen molar-refractivity contribution >= 4 is 22.9 Å². The molecular weight excluding hydrogens is 314 g/mol. The highest BCUT2D eigenvalue weighted by molar-refractivity contribution is 7.10. The molecule has 0 radical (unpaired) electrons. The maximum Gasteiger partial charge on any atom is 0.246 e. The van der Waals surface area contributed by atoms with Gasteiger partial charge in [0.1, 0.15) is 11.6 Å². The van der Waals surface area contributed by atoms with Gasteiger partial charge in [0.15, 0.2) is 0 Å². The van der Waals surface area contributed by atoms with Crippen LogP contribution in [0.1, 0.15) is 36.2 Å². The van der Waals surface area contributed by atoms with Crippen molar-refractivity contribution in [1.82, 2.24) is 0 Å². The molecule has 0 fully saturated rings. The highest BCUT2D eigenvalue weighted by Crippen LogP contribution is 2.41. The maximum absolute atomic E-state index is 12.0. The predicted octanol–water partition coefficient (Wildman–Crippen LogP) is 3.64. The number of nitrogens with zero attached hydrogens (tertiary/aromatic N) is 1. The van der Waals surface area contributed by atoms with Gasteiger partial charge in [-0.05, 0) is 25.3 Å². The lowest BCUT2D eigenvalue weighted by molar-refractivity contribution is -0.534. The third-order valence-electron chi connectivity index (χ3n) is 3.82. The Bertz CT molecular complexity index is 683. The van der Waals surface area contributed by atoms with Crippen LogP contribution in [0.5, 0.6) is 0 Å². The van der Waals surface area contributed by atoms with Crippen molar-refractivity contribution in [2.75, 3.05) is 0 Å². The van der Waals surface area contributed by atoms with Crippen molar-refractivity contribution in [2.45, 2.75) is 25.8 Å². The van der Waals surface area contributed by atoms with Crippen molar-refractivity contribution in [1.29, 1.82) is 0 Å². The molecule has 0 aliphatic heterocycles. The largest absolute Gasteiger partial charge is 0.299 e. The molecule has 23 heavy (non-hydrogen) atoms. The molecule has 0 aliphatic rings. The van der Waals surface area contributed by atoms with Gasteiger partial charge < -0.3 is 0 Å². The van der Waals surface area contributed by atoms with E-state index >= 15 is 0 Å². The summed E-state index contributed by atoms with van der Waals surface area (Å²) in [5.74, 6) is -2.52. The van der Waals surface area contributed by atoms with Crippen molar-refractivity contribution < 1.29 is 14.5 Å². The van der Waals surface area contributed by atoms with Crippen LogP contribution < -0.4 is 0 Å². The molecule has 0 saturated heterocycles. The van der Waals surface area contributed by atoms with E-state index in [1.165, 1.54) is 25.2 Å². The van der Waals surface area contributed by atoms with Gasteiger partial charge in [-0.2, -0.15) is 0 Å². The number of rotatable bonds is 7. The van der Waals surface area contributed by atoms with E-state index in [0.717, 1.165) is 0 Å². The molecule has 1 heterocycles. The van der Waals surface area contributed by atoms with Crippen LogP contribution in [0.3, 0.4) is 0 Å². The summed E-state index contributed by atoms with van der Waals surface area (Å²) in [4.78, 5) is 36.1. The lowest BCUT2D eigenvalue weighted by atomic mass is 9.78. The van der Waals surface area contributed by atoms with Crippen LogP contribution in [-0.4, -0.2) is 16.5 Å². The van der Waals surface area contributed by atoms with E-state index in [1.807, 2.05) is 0 Å². The lowest BCUT2D eigenvalue weighted by Crippen LogP contribution is -2.33. The van der Waals surface area contributed by atoms with E-state index in [9.17, 15) is 19.7 Å². The Balaban J connectivity index is 2.61. The molecule has 6 heteroatoms. The number of ketones is 2. The number of hydrogen-bond donors (Lipinski definition) is 0. The van der Waals surface area contributed by atoms with E-state index in [-0.39, 0.29) is 11.6 Å². The quantitative estimate of drug-likeness (QED) is 0.441. The van der Waals surface area contributed by atoms with Gasteiger partial charge in [0.25, 0.3) is 0 Å². The second-order valence-electron chi connectivity index (χ2n) is 5.38. The maximum atomic E-state index is 12.0. The number of carbonyl (C=O) groups is 2. The van der Waals surface area contributed by atoms with Gasteiger partial charge in [-0.3, -0.25) is 19.7 Å². The number of Topliss-reactive ketones (excluding diaryl/α,β-unsaturated/α-hetero) is 2. The van der Waals surface area contributed by atoms with E-state index in [2.05, 4.69) is 0 Å². The average molecular weight is 331 g/mol. The summed E-state index contributed by atoms with van der Waals surface area (Å²) in [6.07, 6.45) is 0. The molecule has 0 aliphatic carbocycles. The number of nitro groups is 1. The fourth-order valence-electron chi connectivity index (χ4n) is 2.89. The first kappa shape index (κ1) is 17.0. The Morgan fingerprint density at radius 3 is 2.09 bits per heavy atom. The van der Waals surface area contributed by atoms with E-state index < -0.39 is 22.8 Å². The zero-order valence-electron chi connectivity index (χ0n) is 12.8. The molecule has 0 saturated carbocycles. The van der Waals surface area contributed by atoms with Crippen LogP contribution in [0.25, 0.3) is 0 Å². The highest BCUT2D eigenvalue weighted by Gasteiger charge is 2.44. The zero-order chi connectivity index (χ0) is 17.0. The van der Waals surface area contributed by atoms with Crippen molar-refractivity contribution in [3.63, 3.8) is 0 Å². The van der Waals surface area contributed by atoms with Crippen molar-refractivity contribution in [3.8, 4) is 0 Å². The molecule has 1 aromatic carbocycles. The number of carbonyl (C=O) groups excluding carboxylic acids is 2. The summed E-state index contributed by atoms with van der Waals surface area (Å²) >= 11 is 1.33. The van der Waals surface area contributed by atoms with Crippen LogP contribution in [0.2, 0.25) is 0 Å². The van der Waals surface area contributed by atoms with Gasteiger partial charge in [0.05, 0.1) is 11.8 Å². The SMILES string of the molecule is CC(=O)C(C(C)=O)[C@@H](c1cccs1)[C@H](c1ccccc1)[N+](=O)[O-]. The van der Waals surface area contributed by atoms with Crippen molar-refractivity contribution in [3.05, 3.63) is 68.4 Å². The molecule has 0 bridgehead atoms. The Kier molecular flexibility index (Phi) is 5.39. The molecule has 0 N–H and O–H groups in total.